The van der Waals surface area contributed by atoms with Gasteiger partial charge in [-0.15, -0.1) is 6.42 Å². The van der Waals surface area contributed by atoms with Gasteiger partial charge in [0, 0.05) is 19.2 Å². The smallest absolute Gasteiger partial charge is 0.423 e. The normalized spacial score (nSPS) is 21.9. The van der Waals surface area contributed by atoms with Crippen molar-refractivity contribution in [3.8, 4) is 12.3 Å². The zero-order valence-corrected chi connectivity index (χ0v) is 14.7. The van der Waals surface area contributed by atoms with Crippen LogP contribution in [0.5, 0.6) is 0 Å². The number of amides is 1. The Bertz CT molecular complexity index is 857. The Morgan fingerprint density at radius 1 is 1.50 bits per heavy atom. The molecule has 1 aliphatic heterocycles. The number of hydrogen-bond acceptors (Lipinski definition) is 6. The number of rotatable bonds is 6. The molecule has 1 aromatic heterocycles. The summed E-state index contributed by atoms with van der Waals surface area (Å²) < 4.78 is 55.4. The van der Waals surface area contributed by atoms with E-state index in [9.17, 15) is 27.6 Å². The van der Waals surface area contributed by atoms with Gasteiger partial charge in [0.2, 0.25) is 0 Å². The summed E-state index contributed by atoms with van der Waals surface area (Å²) in [5.74, 6) is 2.24. The van der Waals surface area contributed by atoms with E-state index in [1.807, 2.05) is 0 Å². The van der Waals surface area contributed by atoms with E-state index in [1.54, 1.807) is 11.9 Å². The summed E-state index contributed by atoms with van der Waals surface area (Å²) in [6, 6.07) is 0. The van der Waals surface area contributed by atoms with Gasteiger partial charge in [0.1, 0.15) is 31.1 Å². The molecule has 1 aromatic rings. The quantitative estimate of drug-likeness (QED) is 0.671. The zero-order chi connectivity index (χ0) is 20.9. The van der Waals surface area contributed by atoms with Crippen molar-refractivity contribution in [3.05, 3.63) is 32.6 Å². The molecule has 0 unspecified atom stereocenters. The van der Waals surface area contributed by atoms with E-state index in [2.05, 4.69) is 11.2 Å². The lowest BCUT2D eigenvalue weighted by atomic mass is 10.2. The van der Waals surface area contributed by atoms with Gasteiger partial charge in [-0.25, -0.2) is 9.59 Å². The molecule has 0 aromatic carbocycles. The number of ether oxygens (including phenoxy) is 3. The van der Waals surface area contributed by atoms with Crippen molar-refractivity contribution in [2.45, 2.75) is 38.0 Å². The Morgan fingerprint density at radius 3 is 2.82 bits per heavy atom. The number of alkyl carbamates (subject to hydrolysis) is 1. The number of alkyl halides is 3. The average Bonchev–Trinajstić information content (AvgIpc) is 3.00. The molecular formula is C16H18F3N3O6. The van der Waals surface area contributed by atoms with Crippen LogP contribution in [0.1, 0.15) is 25.1 Å². The number of nitrogens with one attached hydrogen (secondary N) is 2. The topological polar surface area (TPSA) is 112 Å². The zero-order valence-electron chi connectivity index (χ0n) is 14.7. The molecule has 12 heteroatoms. The SMILES string of the molecule is C#CCO[C@H]1C[C@H](n2cc(C(F)(F)F)c(=O)[nH]c2=O)O[C@@H]1COC(=O)NCC. The Morgan fingerprint density at radius 2 is 2.21 bits per heavy atom. The van der Waals surface area contributed by atoms with Crippen molar-refractivity contribution in [1.29, 1.82) is 0 Å². The number of nitrogens with zero attached hydrogens (tertiary/aromatic N) is 1. The molecular weight excluding hydrogens is 387 g/mol. The lowest BCUT2D eigenvalue weighted by Crippen LogP contribution is -2.36. The molecule has 2 rings (SSSR count). The van der Waals surface area contributed by atoms with Crippen molar-refractivity contribution in [1.82, 2.24) is 14.9 Å². The maximum atomic E-state index is 13.0. The minimum Gasteiger partial charge on any atom is -0.447 e. The van der Waals surface area contributed by atoms with Crippen LogP contribution in [0.4, 0.5) is 18.0 Å². The second-order valence-electron chi connectivity index (χ2n) is 5.75. The van der Waals surface area contributed by atoms with Crippen LogP contribution in [-0.2, 0) is 20.4 Å². The molecule has 1 amide bonds. The lowest BCUT2D eigenvalue weighted by molar-refractivity contribution is -0.139. The summed E-state index contributed by atoms with van der Waals surface area (Å²) in [7, 11) is 0. The molecule has 2 N–H and O–H groups in total. The van der Waals surface area contributed by atoms with Crippen LogP contribution in [0.15, 0.2) is 15.8 Å². The monoisotopic (exact) mass is 405 g/mol. The van der Waals surface area contributed by atoms with Gasteiger partial charge in [-0.3, -0.25) is 14.3 Å². The Balaban J connectivity index is 2.24. The third-order valence-electron chi connectivity index (χ3n) is 3.84. The molecule has 28 heavy (non-hydrogen) atoms. The van der Waals surface area contributed by atoms with Gasteiger partial charge in [0.05, 0.1) is 6.10 Å². The summed E-state index contributed by atoms with van der Waals surface area (Å²) >= 11 is 0. The number of halogens is 3. The van der Waals surface area contributed by atoms with Crippen molar-refractivity contribution in [2.24, 2.45) is 0 Å². The molecule has 154 valence electrons. The van der Waals surface area contributed by atoms with Gasteiger partial charge < -0.3 is 19.5 Å². The standard InChI is InChI=1S/C16H18F3N3O6/c1-3-5-26-10-6-12(28-11(10)8-27-15(25)20-4-2)22-7-9(16(17,18)19)13(23)21-14(22)24/h1,7,10-12H,4-6,8H2,2H3,(H,20,25)(H,21,23,24)/t10-,11+,12+/m0/s1. The minimum atomic E-state index is -4.96. The van der Waals surface area contributed by atoms with Crippen LogP contribution in [0.2, 0.25) is 0 Å². The predicted octanol–water partition coefficient (Wildman–Crippen LogP) is 0.607. The number of aromatic nitrogens is 2. The Kier molecular flexibility index (Phi) is 6.87. The highest BCUT2D eigenvalue weighted by molar-refractivity contribution is 5.66. The van der Waals surface area contributed by atoms with Crippen LogP contribution >= 0.6 is 0 Å². The summed E-state index contributed by atoms with van der Waals surface area (Å²) in [4.78, 5) is 36.4. The highest BCUT2D eigenvalue weighted by atomic mass is 19.4. The molecule has 1 aliphatic rings. The molecule has 1 saturated heterocycles. The first-order valence-corrected chi connectivity index (χ1v) is 8.21. The van der Waals surface area contributed by atoms with E-state index in [0.29, 0.717) is 17.3 Å². The second kappa shape index (κ2) is 8.94. The molecule has 0 saturated carbocycles. The highest BCUT2D eigenvalue weighted by Gasteiger charge is 2.40. The summed E-state index contributed by atoms with van der Waals surface area (Å²) in [6.45, 7) is 1.62. The van der Waals surface area contributed by atoms with E-state index in [4.69, 9.17) is 20.6 Å². The molecule has 3 atom stereocenters. The lowest BCUT2D eigenvalue weighted by Gasteiger charge is -2.18. The van der Waals surface area contributed by atoms with Crippen LogP contribution < -0.4 is 16.6 Å². The van der Waals surface area contributed by atoms with Crippen LogP contribution in [0.3, 0.4) is 0 Å². The van der Waals surface area contributed by atoms with Crippen molar-refractivity contribution in [3.63, 3.8) is 0 Å². The molecule has 0 bridgehead atoms. The Hall–Kier alpha value is -2.78. The molecule has 1 fully saturated rings. The highest BCUT2D eigenvalue weighted by Crippen LogP contribution is 2.32. The van der Waals surface area contributed by atoms with Gasteiger partial charge >= 0.3 is 18.0 Å². The van der Waals surface area contributed by atoms with Gasteiger partial charge in [-0.1, -0.05) is 5.92 Å². The van der Waals surface area contributed by atoms with Crippen LogP contribution in [0.25, 0.3) is 0 Å². The van der Waals surface area contributed by atoms with E-state index in [-0.39, 0.29) is 19.6 Å². The summed E-state index contributed by atoms with van der Waals surface area (Å²) in [5.41, 5.74) is -4.18. The second-order valence-corrected chi connectivity index (χ2v) is 5.75. The third-order valence-corrected chi connectivity index (χ3v) is 3.84. The van der Waals surface area contributed by atoms with E-state index >= 15 is 0 Å². The first-order valence-electron chi connectivity index (χ1n) is 8.21. The average molecular weight is 405 g/mol. The molecule has 0 radical (unpaired) electrons. The number of carbonyl (C=O) groups excluding carboxylic acids is 1. The van der Waals surface area contributed by atoms with Crippen LogP contribution in [-0.4, -0.2) is 47.6 Å². The maximum Gasteiger partial charge on any atom is 0.423 e. The van der Waals surface area contributed by atoms with Crippen molar-refractivity contribution < 1.29 is 32.2 Å². The van der Waals surface area contributed by atoms with Crippen molar-refractivity contribution >= 4 is 6.09 Å². The van der Waals surface area contributed by atoms with Gasteiger partial charge in [0.25, 0.3) is 5.56 Å². The number of hydrogen-bond donors (Lipinski definition) is 2. The van der Waals surface area contributed by atoms with E-state index < -0.39 is 47.5 Å². The van der Waals surface area contributed by atoms with Crippen LogP contribution in [0, 0.1) is 12.3 Å². The first-order chi connectivity index (χ1) is 13.2. The predicted molar refractivity (Wildman–Crippen MR) is 88.4 cm³/mol. The minimum absolute atomic E-state index is 0.0473. The molecule has 9 nitrogen and oxygen atoms in total. The number of H-pyrrole nitrogens is 1. The largest absolute Gasteiger partial charge is 0.447 e. The molecule has 0 aliphatic carbocycles. The third kappa shape index (κ3) is 5.14. The van der Waals surface area contributed by atoms with Gasteiger partial charge in [-0.2, -0.15) is 13.2 Å². The van der Waals surface area contributed by atoms with Gasteiger partial charge in [0.15, 0.2) is 0 Å². The number of terminal acetylenes is 1. The summed E-state index contributed by atoms with van der Waals surface area (Å²) in [5, 5.41) is 2.40. The fraction of sp³-hybridized carbons (Fsp3) is 0.562. The van der Waals surface area contributed by atoms with E-state index in [1.165, 1.54) is 0 Å². The number of aromatic amines is 1. The van der Waals surface area contributed by atoms with Gasteiger partial charge in [-0.05, 0) is 6.92 Å². The Labute approximate surface area is 156 Å². The maximum absolute atomic E-state index is 13.0. The molecule has 0 spiro atoms. The van der Waals surface area contributed by atoms with Crippen molar-refractivity contribution in [2.75, 3.05) is 19.8 Å². The van der Waals surface area contributed by atoms with E-state index in [0.717, 1.165) is 0 Å². The number of carbonyl (C=O) groups is 1. The molecule has 2 heterocycles. The fourth-order valence-electron chi connectivity index (χ4n) is 2.61. The fourth-order valence-corrected chi connectivity index (χ4v) is 2.61. The summed E-state index contributed by atoms with van der Waals surface area (Å²) in [6.07, 6.45) is -3.01. The first kappa shape index (κ1) is 21.5.